The van der Waals surface area contributed by atoms with E-state index in [4.69, 9.17) is 4.74 Å². The monoisotopic (exact) mass is 415 g/mol. The summed E-state index contributed by atoms with van der Waals surface area (Å²) in [5.41, 5.74) is 1.44. The third-order valence-electron chi connectivity index (χ3n) is 5.53. The van der Waals surface area contributed by atoms with Crippen LogP contribution in [-0.4, -0.2) is 62.9 Å². The average molecular weight is 416 g/mol. The summed E-state index contributed by atoms with van der Waals surface area (Å²) in [4.78, 5) is 14.3. The van der Waals surface area contributed by atoms with Gasteiger partial charge in [0.15, 0.2) is 0 Å². The summed E-state index contributed by atoms with van der Waals surface area (Å²) >= 11 is 0. The molecular formula is C21H25N3O4S. The number of fused-ring (bicyclic) bond motifs is 1. The number of carbonyl (C=O) groups excluding carboxylic acids is 1. The van der Waals surface area contributed by atoms with E-state index in [1.807, 2.05) is 30.3 Å². The Morgan fingerprint density at radius 2 is 1.79 bits per heavy atom. The highest BCUT2D eigenvalue weighted by Crippen LogP contribution is 2.34. The molecule has 8 heteroatoms. The van der Waals surface area contributed by atoms with E-state index in [2.05, 4.69) is 10.2 Å². The predicted molar refractivity (Wildman–Crippen MR) is 111 cm³/mol. The Labute approximate surface area is 171 Å². The van der Waals surface area contributed by atoms with Gasteiger partial charge < -0.3 is 10.1 Å². The second-order valence-electron chi connectivity index (χ2n) is 7.37. The first-order chi connectivity index (χ1) is 13.9. The lowest BCUT2D eigenvalue weighted by Gasteiger charge is -2.33. The highest BCUT2D eigenvalue weighted by atomic mass is 32.2. The summed E-state index contributed by atoms with van der Waals surface area (Å²) < 4.78 is 33.4. The van der Waals surface area contributed by atoms with Crippen LogP contribution in [0.25, 0.3) is 0 Å². The van der Waals surface area contributed by atoms with Gasteiger partial charge >= 0.3 is 0 Å². The maximum absolute atomic E-state index is 13.1. The molecule has 1 amide bonds. The highest BCUT2D eigenvalue weighted by molar-refractivity contribution is 7.89. The van der Waals surface area contributed by atoms with Crippen LogP contribution in [0.1, 0.15) is 18.4 Å². The molecule has 1 atom stereocenters. The molecule has 0 unspecified atom stereocenters. The molecule has 154 valence electrons. The first-order valence-corrected chi connectivity index (χ1v) is 11.2. The molecule has 29 heavy (non-hydrogen) atoms. The van der Waals surface area contributed by atoms with Crippen LogP contribution in [-0.2, 0) is 14.8 Å². The molecule has 0 saturated carbocycles. The summed E-state index contributed by atoms with van der Waals surface area (Å²) in [7, 11) is -3.58. The molecule has 1 fully saturated rings. The van der Waals surface area contributed by atoms with E-state index in [1.54, 1.807) is 25.1 Å². The van der Waals surface area contributed by atoms with Crippen molar-refractivity contribution in [1.82, 2.24) is 9.21 Å². The molecule has 1 N–H and O–H groups in total. The second-order valence-corrected chi connectivity index (χ2v) is 9.31. The molecular weight excluding hydrogens is 390 g/mol. The van der Waals surface area contributed by atoms with Crippen molar-refractivity contribution in [2.24, 2.45) is 0 Å². The molecule has 2 aliphatic heterocycles. The number of rotatable bonds is 6. The number of hydrogen-bond donors (Lipinski definition) is 1. The van der Waals surface area contributed by atoms with Crippen LogP contribution in [0.15, 0.2) is 53.4 Å². The number of amides is 1. The molecule has 0 bridgehead atoms. The van der Waals surface area contributed by atoms with E-state index in [1.165, 1.54) is 4.31 Å². The van der Waals surface area contributed by atoms with Gasteiger partial charge in [-0.2, -0.15) is 4.31 Å². The van der Waals surface area contributed by atoms with E-state index < -0.39 is 10.0 Å². The zero-order chi connectivity index (χ0) is 20.4. The number of para-hydroxylation sites is 1. The van der Waals surface area contributed by atoms with Crippen molar-refractivity contribution < 1.29 is 17.9 Å². The molecule has 0 aliphatic carbocycles. The molecule has 4 rings (SSSR count). The smallest absolute Gasteiger partial charge is 0.243 e. The second kappa shape index (κ2) is 8.14. The first kappa shape index (κ1) is 19.9. The Morgan fingerprint density at radius 3 is 2.52 bits per heavy atom. The average Bonchev–Trinajstić information content (AvgIpc) is 3.02. The minimum Gasteiger partial charge on any atom is -0.492 e. The molecule has 2 aromatic rings. The van der Waals surface area contributed by atoms with Crippen molar-refractivity contribution in [2.75, 3.05) is 44.6 Å². The van der Waals surface area contributed by atoms with Crippen molar-refractivity contribution in [2.45, 2.75) is 17.7 Å². The summed E-state index contributed by atoms with van der Waals surface area (Å²) in [5.74, 6) is 0.412. The SMILES string of the molecule is C[C@@H]1C(=O)Nc2ccc(S(=O)(=O)N3CCN(CCOc4ccccc4)CC3)cc21. The minimum absolute atomic E-state index is 0.0964. The lowest BCUT2D eigenvalue weighted by molar-refractivity contribution is -0.116. The van der Waals surface area contributed by atoms with Gasteiger partial charge in [-0.05, 0) is 42.8 Å². The third-order valence-corrected chi connectivity index (χ3v) is 7.42. The van der Waals surface area contributed by atoms with Crippen molar-refractivity contribution >= 4 is 21.6 Å². The summed E-state index contributed by atoms with van der Waals surface area (Å²) in [6, 6.07) is 14.6. The number of piperazine rings is 1. The molecule has 2 aromatic carbocycles. The Balaban J connectivity index is 1.34. The lowest BCUT2D eigenvalue weighted by atomic mass is 10.0. The number of nitrogens with one attached hydrogen (secondary N) is 1. The van der Waals surface area contributed by atoms with Crippen LogP contribution >= 0.6 is 0 Å². The van der Waals surface area contributed by atoms with Gasteiger partial charge in [0.25, 0.3) is 0 Å². The van der Waals surface area contributed by atoms with Crippen molar-refractivity contribution in [3.05, 3.63) is 54.1 Å². The van der Waals surface area contributed by atoms with E-state index in [0.29, 0.717) is 38.5 Å². The fourth-order valence-electron chi connectivity index (χ4n) is 3.71. The normalized spacial score (nSPS) is 20.3. The maximum Gasteiger partial charge on any atom is 0.243 e. The number of nitrogens with zero attached hydrogens (tertiary/aromatic N) is 2. The maximum atomic E-state index is 13.1. The van der Waals surface area contributed by atoms with Crippen LogP contribution in [0.5, 0.6) is 5.75 Å². The number of anilines is 1. The molecule has 2 heterocycles. The van der Waals surface area contributed by atoms with Crippen molar-refractivity contribution in [3.63, 3.8) is 0 Å². The Hall–Kier alpha value is -2.42. The fourth-order valence-corrected chi connectivity index (χ4v) is 5.17. The number of carbonyl (C=O) groups is 1. The standard InChI is InChI=1S/C21H25N3O4S/c1-16-19-15-18(7-8-20(19)22-21(16)25)29(26,27)24-11-9-23(10-12-24)13-14-28-17-5-3-2-4-6-17/h2-8,15-16H,9-14H2,1H3,(H,22,25)/t16-/m0/s1. The van der Waals surface area contributed by atoms with Gasteiger partial charge in [-0.1, -0.05) is 18.2 Å². The van der Waals surface area contributed by atoms with Gasteiger partial charge in [0.1, 0.15) is 12.4 Å². The van der Waals surface area contributed by atoms with Crippen LogP contribution in [0.4, 0.5) is 5.69 Å². The van der Waals surface area contributed by atoms with Crippen LogP contribution in [0.2, 0.25) is 0 Å². The zero-order valence-electron chi connectivity index (χ0n) is 16.4. The molecule has 0 aromatic heterocycles. The van der Waals surface area contributed by atoms with Crippen molar-refractivity contribution in [1.29, 1.82) is 0 Å². The Kier molecular flexibility index (Phi) is 5.58. The Morgan fingerprint density at radius 1 is 1.07 bits per heavy atom. The third kappa shape index (κ3) is 4.14. The fraction of sp³-hybridized carbons (Fsp3) is 0.381. The van der Waals surface area contributed by atoms with E-state index in [-0.39, 0.29) is 16.7 Å². The van der Waals surface area contributed by atoms with E-state index >= 15 is 0 Å². The molecule has 2 aliphatic rings. The van der Waals surface area contributed by atoms with Gasteiger partial charge in [-0.3, -0.25) is 9.69 Å². The van der Waals surface area contributed by atoms with Crippen LogP contribution < -0.4 is 10.1 Å². The van der Waals surface area contributed by atoms with Gasteiger partial charge in [0.05, 0.1) is 10.8 Å². The topological polar surface area (TPSA) is 79.0 Å². The van der Waals surface area contributed by atoms with Crippen LogP contribution in [0, 0.1) is 0 Å². The summed E-state index contributed by atoms with van der Waals surface area (Å²) in [5, 5.41) is 2.78. The minimum atomic E-state index is -3.58. The molecule has 7 nitrogen and oxygen atoms in total. The van der Waals surface area contributed by atoms with Crippen LogP contribution in [0.3, 0.4) is 0 Å². The van der Waals surface area contributed by atoms with Gasteiger partial charge in [-0.25, -0.2) is 8.42 Å². The zero-order valence-corrected chi connectivity index (χ0v) is 17.2. The van der Waals surface area contributed by atoms with E-state index in [0.717, 1.165) is 17.9 Å². The summed E-state index contributed by atoms with van der Waals surface area (Å²) in [6.45, 7) is 5.33. The lowest BCUT2D eigenvalue weighted by Crippen LogP contribution is -2.49. The van der Waals surface area contributed by atoms with Gasteiger partial charge in [-0.15, -0.1) is 0 Å². The van der Waals surface area contributed by atoms with Gasteiger partial charge in [0.2, 0.25) is 15.9 Å². The predicted octanol–water partition coefficient (Wildman–Crippen LogP) is 2.13. The molecule has 1 saturated heterocycles. The molecule has 0 spiro atoms. The molecule has 0 radical (unpaired) electrons. The summed E-state index contributed by atoms with van der Waals surface area (Å²) in [6.07, 6.45) is 0. The number of benzene rings is 2. The number of ether oxygens (including phenoxy) is 1. The first-order valence-electron chi connectivity index (χ1n) is 9.80. The number of sulfonamides is 1. The quantitative estimate of drug-likeness (QED) is 0.782. The highest BCUT2D eigenvalue weighted by Gasteiger charge is 2.32. The number of hydrogen-bond acceptors (Lipinski definition) is 5. The van der Waals surface area contributed by atoms with Crippen molar-refractivity contribution in [3.8, 4) is 5.75 Å². The largest absolute Gasteiger partial charge is 0.492 e. The van der Waals surface area contributed by atoms with E-state index in [9.17, 15) is 13.2 Å². The Bertz CT molecular complexity index is 986. The van der Waals surface area contributed by atoms with Gasteiger partial charge in [0, 0.05) is 38.4 Å².